The fourth-order valence-corrected chi connectivity index (χ4v) is 4.45. The van der Waals surface area contributed by atoms with E-state index in [0.29, 0.717) is 17.0 Å². The smallest absolute Gasteiger partial charge is 0.305 e. The highest BCUT2D eigenvalue weighted by Crippen LogP contribution is 2.29. The molecule has 2 heterocycles. The Balaban J connectivity index is 1.56. The number of ether oxygens (including phenoxy) is 1. The molecule has 2 amide bonds. The van der Waals surface area contributed by atoms with Gasteiger partial charge in [0.15, 0.2) is 5.78 Å². The Kier molecular flexibility index (Phi) is 8.96. The highest BCUT2D eigenvalue weighted by molar-refractivity contribution is 6.03. The summed E-state index contributed by atoms with van der Waals surface area (Å²) in [5.41, 5.74) is -0.420. The first-order valence-electron chi connectivity index (χ1n) is 13.2. The minimum Gasteiger partial charge on any atom is -0.489 e. The predicted molar refractivity (Wildman–Crippen MR) is 151 cm³/mol. The van der Waals surface area contributed by atoms with Crippen LogP contribution in [0.1, 0.15) is 44.1 Å². The van der Waals surface area contributed by atoms with Gasteiger partial charge < -0.3 is 25.3 Å². The van der Waals surface area contributed by atoms with Gasteiger partial charge in [-0.3, -0.25) is 19.2 Å². The number of Topliss-reactive ketones (excluding diaryl/α,β-unsaturated/α-hetero) is 1. The Morgan fingerprint density at radius 1 is 1.00 bits per heavy atom. The topological polar surface area (TPSA) is 156 Å². The maximum atomic E-state index is 13.6. The normalized spacial score (nSPS) is 17.7. The second kappa shape index (κ2) is 12.6. The minimum absolute atomic E-state index is 0.0718. The van der Waals surface area contributed by atoms with E-state index in [-0.39, 0.29) is 24.6 Å². The predicted octanol–water partition coefficient (Wildman–Crippen LogP) is 3.13. The Labute approximate surface area is 236 Å². The van der Waals surface area contributed by atoms with Crippen LogP contribution in [0.15, 0.2) is 71.9 Å². The number of oxime groups is 1. The molecule has 0 bridgehead atoms. The number of aliphatic carboxylic acids is 1. The third-order valence-corrected chi connectivity index (χ3v) is 6.75. The van der Waals surface area contributed by atoms with Crippen molar-refractivity contribution in [3.05, 3.63) is 72.4 Å². The summed E-state index contributed by atoms with van der Waals surface area (Å²) in [7, 11) is 0. The number of carboxylic acid groups (broad SMARTS) is 1. The van der Waals surface area contributed by atoms with Crippen LogP contribution in [0.25, 0.3) is 10.9 Å². The Bertz CT molecular complexity index is 1470. The number of amides is 2. The lowest BCUT2D eigenvalue weighted by molar-refractivity contribution is -0.150. The van der Waals surface area contributed by atoms with E-state index < -0.39 is 47.7 Å². The fraction of sp³-hybridized carbons (Fsp3) is 0.333. The van der Waals surface area contributed by atoms with Gasteiger partial charge in [-0.1, -0.05) is 61.5 Å². The number of carboxylic acids is 1. The minimum atomic E-state index is -1.71. The maximum absolute atomic E-state index is 13.6. The largest absolute Gasteiger partial charge is 0.489 e. The molecule has 0 saturated carbocycles. The standard InChI is InChI=1S/C30H32N4O7/c1-18(2)27(33-28(38)23-14-13-20-9-7-8-12-22(20)31-23)25-16-30(41-34-25,17-40-21-10-5-4-6-11-21)29(39)32-24(19(3)35)15-26(36)37/h4-14,18,24,27H,15-17H2,1-3H3,(H,32,39)(H,33,38)(H,36,37)/t24-,27-,30?/m0/s1. The summed E-state index contributed by atoms with van der Waals surface area (Å²) in [6.07, 6.45) is -0.661. The van der Waals surface area contributed by atoms with Crippen LogP contribution in [0.2, 0.25) is 0 Å². The molecule has 1 aliphatic rings. The third kappa shape index (κ3) is 7.05. The van der Waals surface area contributed by atoms with E-state index >= 15 is 0 Å². The summed E-state index contributed by atoms with van der Waals surface area (Å²) in [4.78, 5) is 60.3. The summed E-state index contributed by atoms with van der Waals surface area (Å²) in [6, 6.07) is 17.8. The number of hydrogen-bond acceptors (Lipinski definition) is 8. The number of ketones is 1. The summed E-state index contributed by atoms with van der Waals surface area (Å²) < 4.78 is 5.86. The fourth-order valence-electron chi connectivity index (χ4n) is 4.45. The van der Waals surface area contributed by atoms with E-state index in [9.17, 15) is 24.3 Å². The van der Waals surface area contributed by atoms with Crippen molar-refractivity contribution in [3.63, 3.8) is 0 Å². The molecule has 0 spiro atoms. The number of para-hydroxylation sites is 2. The molecule has 214 valence electrons. The molecule has 41 heavy (non-hydrogen) atoms. The number of carbonyl (C=O) groups excluding carboxylic acids is 3. The van der Waals surface area contributed by atoms with Crippen LogP contribution in [0, 0.1) is 5.92 Å². The number of pyridine rings is 1. The number of aromatic nitrogens is 1. The van der Waals surface area contributed by atoms with Crippen LogP contribution in [-0.4, -0.2) is 63.7 Å². The van der Waals surface area contributed by atoms with E-state index in [0.717, 1.165) is 5.39 Å². The van der Waals surface area contributed by atoms with Crippen molar-refractivity contribution >= 4 is 40.2 Å². The molecular formula is C30H32N4O7. The van der Waals surface area contributed by atoms with Gasteiger partial charge in [-0.2, -0.15) is 0 Å². The van der Waals surface area contributed by atoms with Crippen LogP contribution in [0.5, 0.6) is 5.75 Å². The monoisotopic (exact) mass is 560 g/mol. The number of carbonyl (C=O) groups is 4. The molecule has 3 aromatic rings. The van der Waals surface area contributed by atoms with Crippen LogP contribution in [-0.2, 0) is 19.2 Å². The average molecular weight is 561 g/mol. The van der Waals surface area contributed by atoms with Gasteiger partial charge >= 0.3 is 5.97 Å². The highest BCUT2D eigenvalue weighted by Gasteiger charge is 2.50. The van der Waals surface area contributed by atoms with Gasteiger partial charge in [-0.15, -0.1) is 0 Å². The van der Waals surface area contributed by atoms with Crippen molar-refractivity contribution in [2.24, 2.45) is 11.1 Å². The molecule has 1 aromatic heterocycles. The Hall–Kier alpha value is -4.80. The van der Waals surface area contributed by atoms with Gasteiger partial charge in [0.2, 0.25) is 0 Å². The average Bonchev–Trinajstić information content (AvgIpc) is 3.39. The van der Waals surface area contributed by atoms with Gasteiger partial charge in [-0.25, -0.2) is 4.98 Å². The molecule has 1 unspecified atom stereocenters. The maximum Gasteiger partial charge on any atom is 0.305 e. The second-order valence-corrected chi connectivity index (χ2v) is 10.3. The van der Waals surface area contributed by atoms with Crippen LogP contribution < -0.4 is 15.4 Å². The Morgan fingerprint density at radius 3 is 2.39 bits per heavy atom. The van der Waals surface area contributed by atoms with Crippen LogP contribution in [0.4, 0.5) is 0 Å². The van der Waals surface area contributed by atoms with Gasteiger partial charge in [-0.05, 0) is 37.1 Å². The second-order valence-electron chi connectivity index (χ2n) is 10.3. The number of nitrogens with one attached hydrogen (secondary N) is 2. The number of rotatable bonds is 12. The zero-order valence-electron chi connectivity index (χ0n) is 23.0. The first-order valence-corrected chi connectivity index (χ1v) is 13.2. The van der Waals surface area contributed by atoms with E-state index in [2.05, 4.69) is 20.8 Å². The third-order valence-electron chi connectivity index (χ3n) is 6.75. The molecule has 3 N–H and O–H groups in total. The number of fused-ring (bicyclic) bond motifs is 1. The molecule has 11 heteroatoms. The van der Waals surface area contributed by atoms with Gasteiger partial charge in [0.25, 0.3) is 17.4 Å². The summed E-state index contributed by atoms with van der Waals surface area (Å²) in [5, 5.41) is 19.8. The summed E-state index contributed by atoms with van der Waals surface area (Å²) >= 11 is 0. The number of hydrogen-bond donors (Lipinski definition) is 3. The first kappa shape index (κ1) is 29.2. The van der Waals surface area contributed by atoms with Crippen LogP contribution in [0.3, 0.4) is 0 Å². The van der Waals surface area contributed by atoms with Gasteiger partial charge in [0.1, 0.15) is 18.1 Å². The van der Waals surface area contributed by atoms with E-state index in [1.807, 2.05) is 50.2 Å². The van der Waals surface area contributed by atoms with E-state index in [1.54, 1.807) is 30.3 Å². The van der Waals surface area contributed by atoms with Crippen molar-refractivity contribution in [2.75, 3.05) is 6.61 Å². The molecule has 4 rings (SSSR count). The van der Waals surface area contributed by atoms with Gasteiger partial charge in [0, 0.05) is 11.8 Å². The first-order chi connectivity index (χ1) is 19.6. The van der Waals surface area contributed by atoms with E-state index in [1.165, 1.54) is 6.92 Å². The summed E-state index contributed by atoms with van der Waals surface area (Å²) in [5.74, 6) is -2.60. The van der Waals surface area contributed by atoms with E-state index in [4.69, 9.17) is 9.57 Å². The zero-order chi connectivity index (χ0) is 29.6. The SMILES string of the molecule is CC(=O)[C@H](CC(=O)O)NC(=O)C1(COc2ccccc2)CC([C@@H](NC(=O)c2ccc3ccccc3n2)C(C)C)=NO1. The highest BCUT2D eigenvalue weighted by atomic mass is 16.7. The molecular weight excluding hydrogens is 528 g/mol. The van der Waals surface area contributed by atoms with Crippen molar-refractivity contribution < 1.29 is 33.9 Å². The molecule has 0 fully saturated rings. The van der Waals surface area contributed by atoms with Gasteiger partial charge in [0.05, 0.1) is 29.7 Å². The lowest BCUT2D eigenvalue weighted by Gasteiger charge is -2.28. The molecule has 0 saturated heterocycles. The zero-order valence-corrected chi connectivity index (χ0v) is 23.0. The number of benzene rings is 2. The Morgan fingerprint density at radius 2 is 1.71 bits per heavy atom. The van der Waals surface area contributed by atoms with Crippen molar-refractivity contribution in [3.8, 4) is 5.75 Å². The molecule has 3 atom stereocenters. The molecule has 11 nitrogen and oxygen atoms in total. The molecule has 2 aromatic carbocycles. The summed E-state index contributed by atoms with van der Waals surface area (Å²) in [6.45, 7) is 4.70. The number of nitrogens with zero attached hydrogens (tertiary/aromatic N) is 2. The molecule has 0 radical (unpaired) electrons. The molecule has 0 aliphatic carbocycles. The lowest BCUT2D eigenvalue weighted by atomic mass is 9.89. The van der Waals surface area contributed by atoms with Crippen LogP contribution >= 0.6 is 0 Å². The van der Waals surface area contributed by atoms with Crippen molar-refractivity contribution in [1.82, 2.24) is 15.6 Å². The molecule has 1 aliphatic heterocycles. The van der Waals surface area contributed by atoms with Crippen molar-refractivity contribution in [1.29, 1.82) is 0 Å². The lowest BCUT2D eigenvalue weighted by Crippen LogP contribution is -2.56. The van der Waals surface area contributed by atoms with Crippen molar-refractivity contribution in [2.45, 2.75) is 51.3 Å². The quantitative estimate of drug-likeness (QED) is 0.305.